The molecule has 0 heterocycles. The molecule has 4 nitrogen and oxygen atoms in total. The van der Waals surface area contributed by atoms with Crippen molar-refractivity contribution >= 4 is 29.3 Å². The lowest BCUT2D eigenvalue weighted by atomic mass is 9.86. The predicted molar refractivity (Wildman–Crippen MR) is 100 cm³/mol. The zero-order chi connectivity index (χ0) is 17.4. The molecule has 2 amide bonds. The molecule has 2 rings (SSSR count). The van der Waals surface area contributed by atoms with Gasteiger partial charge in [-0.3, -0.25) is 9.59 Å². The Balaban J connectivity index is 1.76. The van der Waals surface area contributed by atoms with E-state index in [1.54, 1.807) is 23.7 Å². The molecule has 1 aromatic carbocycles. The van der Waals surface area contributed by atoms with Crippen LogP contribution in [0.4, 0.5) is 5.69 Å². The molecular formula is C19H28N2O2S. The third-order valence-electron chi connectivity index (χ3n) is 4.68. The lowest BCUT2D eigenvalue weighted by Crippen LogP contribution is -2.35. The number of rotatable bonds is 7. The molecule has 0 spiro atoms. The van der Waals surface area contributed by atoms with Crippen LogP contribution in [0.2, 0.25) is 0 Å². The molecule has 0 radical (unpaired) electrons. The first kappa shape index (κ1) is 18.8. The summed E-state index contributed by atoms with van der Waals surface area (Å²) in [5.41, 5.74) is 0.804. The number of hydrogen-bond acceptors (Lipinski definition) is 3. The van der Waals surface area contributed by atoms with Crippen molar-refractivity contribution in [2.45, 2.75) is 49.8 Å². The van der Waals surface area contributed by atoms with E-state index in [1.807, 2.05) is 30.5 Å². The van der Waals surface area contributed by atoms with Crippen LogP contribution >= 0.6 is 11.8 Å². The number of carbonyl (C=O) groups is 2. The molecule has 1 aliphatic carbocycles. The maximum atomic E-state index is 12.2. The molecule has 0 aromatic heterocycles. The first-order valence-corrected chi connectivity index (χ1v) is 9.99. The van der Waals surface area contributed by atoms with Crippen LogP contribution in [0.25, 0.3) is 0 Å². The van der Waals surface area contributed by atoms with Crippen LogP contribution in [0, 0.1) is 5.92 Å². The van der Waals surface area contributed by atoms with Crippen LogP contribution in [-0.4, -0.2) is 36.6 Å². The van der Waals surface area contributed by atoms with Gasteiger partial charge >= 0.3 is 0 Å². The second kappa shape index (κ2) is 9.72. The monoisotopic (exact) mass is 348 g/mol. The van der Waals surface area contributed by atoms with Gasteiger partial charge in [-0.05, 0) is 30.7 Å². The highest BCUT2D eigenvalue weighted by molar-refractivity contribution is 7.98. The van der Waals surface area contributed by atoms with E-state index in [1.165, 1.54) is 32.1 Å². The van der Waals surface area contributed by atoms with Crippen molar-refractivity contribution in [3.05, 3.63) is 24.3 Å². The molecule has 0 unspecified atom stereocenters. The van der Waals surface area contributed by atoms with E-state index < -0.39 is 0 Å². The molecule has 0 aliphatic heterocycles. The Morgan fingerprint density at radius 2 is 1.92 bits per heavy atom. The van der Waals surface area contributed by atoms with Crippen molar-refractivity contribution in [2.24, 2.45) is 5.92 Å². The Labute approximate surface area is 149 Å². The Hall–Kier alpha value is -1.49. The van der Waals surface area contributed by atoms with Gasteiger partial charge in [0.25, 0.3) is 0 Å². The summed E-state index contributed by atoms with van der Waals surface area (Å²) in [5, 5.41) is 2.90. The van der Waals surface area contributed by atoms with Gasteiger partial charge in [0.2, 0.25) is 11.8 Å². The van der Waals surface area contributed by atoms with Gasteiger partial charge in [0.1, 0.15) is 0 Å². The Bertz CT molecular complexity index is 556. The van der Waals surface area contributed by atoms with Gasteiger partial charge in [0.15, 0.2) is 0 Å². The molecule has 0 saturated heterocycles. The summed E-state index contributed by atoms with van der Waals surface area (Å²) in [6.45, 7) is 0.103. The fourth-order valence-corrected chi connectivity index (χ4v) is 3.79. The average Bonchev–Trinajstić information content (AvgIpc) is 2.60. The van der Waals surface area contributed by atoms with Crippen molar-refractivity contribution in [1.82, 2.24) is 4.90 Å². The van der Waals surface area contributed by atoms with Crippen molar-refractivity contribution < 1.29 is 9.59 Å². The van der Waals surface area contributed by atoms with Crippen LogP contribution in [0.1, 0.15) is 44.9 Å². The number of nitrogens with one attached hydrogen (secondary N) is 1. The summed E-state index contributed by atoms with van der Waals surface area (Å²) < 4.78 is 0. The van der Waals surface area contributed by atoms with Crippen molar-refractivity contribution in [1.29, 1.82) is 0 Å². The number of benzene rings is 1. The Morgan fingerprint density at radius 3 is 2.62 bits per heavy atom. The lowest BCUT2D eigenvalue weighted by Gasteiger charge is -2.23. The van der Waals surface area contributed by atoms with E-state index in [2.05, 4.69) is 5.32 Å². The molecule has 24 heavy (non-hydrogen) atoms. The highest BCUT2D eigenvalue weighted by atomic mass is 32.2. The summed E-state index contributed by atoms with van der Waals surface area (Å²) in [5.74, 6) is 0.609. The van der Waals surface area contributed by atoms with Gasteiger partial charge in [-0.1, -0.05) is 44.2 Å². The number of nitrogens with zero attached hydrogens (tertiary/aromatic N) is 1. The van der Waals surface area contributed by atoms with Crippen molar-refractivity contribution in [3.8, 4) is 0 Å². The van der Waals surface area contributed by atoms with Gasteiger partial charge in [0, 0.05) is 18.4 Å². The molecule has 1 fully saturated rings. The molecule has 5 heteroatoms. The number of amides is 2. The summed E-state index contributed by atoms with van der Waals surface area (Å²) in [7, 11) is 1.71. The van der Waals surface area contributed by atoms with Crippen LogP contribution in [0.3, 0.4) is 0 Å². The Morgan fingerprint density at radius 1 is 1.21 bits per heavy atom. The molecule has 1 aliphatic rings. The third kappa shape index (κ3) is 5.86. The van der Waals surface area contributed by atoms with E-state index >= 15 is 0 Å². The van der Waals surface area contributed by atoms with Crippen LogP contribution < -0.4 is 5.32 Å². The number of carbonyl (C=O) groups excluding carboxylic acids is 2. The Kier molecular flexibility index (Phi) is 7.63. The minimum absolute atomic E-state index is 0.0638. The maximum Gasteiger partial charge on any atom is 0.244 e. The number of thioether (sulfide) groups is 1. The van der Waals surface area contributed by atoms with Crippen LogP contribution in [-0.2, 0) is 9.59 Å². The summed E-state index contributed by atoms with van der Waals surface area (Å²) >= 11 is 1.59. The number of hydrogen-bond donors (Lipinski definition) is 1. The molecule has 0 bridgehead atoms. The minimum Gasteiger partial charge on any atom is -0.336 e. The highest BCUT2D eigenvalue weighted by Gasteiger charge is 2.18. The van der Waals surface area contributed by atoms with Gasteiger partial charge in [-0.2, -0.15) is 0 Å². The topological polar surface area (TPSA) is 49.4 Å². The van der Waals surface area contributed by atoms with E-state index in [0.717, 1.165) is 17.0 Å². The molecule has 0 atom stereocenters. The predicted octanol–water partition coefficient (Wildman–Crippen LogP) is 4.17. The van der Waals surface area contributed by atoms with E-state index in [9.17, 15) is 9.59 Å². The van der Waals surface area contributed by atoms with Gasteiger partial charge in [0.05, 0.1) is 12.2 Å². The quantitative estimate of drug-likeness (QED) is 0.753. The van der Waals surface area contributed by atoms with Crippen LogP contribution in [0.15, 0.2) is 29.2 Å². The van der Waals surface area contributed by atoms with Gasteiger partial charge < -0.3 is 10.2 Å². The zero-order valence-electron chi connectivity index (χ0n) is 14.7. The zero-order valence-corrected chi connectivity index (χ0v) is 15.5. The van der Waals surface area contributed by atoms with Gasteiger partial charge in [-0.25, -0.2) is 0 Å². The summed E-state index contributed by atoms with van der Waals surface area (Å²) in [6, 6.07) is 7.70. The maximum absolute atomic E-state index is 12.2. The standard InChI is InChI=1S/C19H28N2O2S/c1-21(19(23)13-12-15-8-4-3-5-9-15)14-18(22)20-16-10-6-7-11-17(16)24-2/h6-7,10-11,15H,3-5,8-9,12-14H2,1-2H3,(H,20,22). The lowest BCUT2D eigenvalue weighted by molar-refractivity contribution is -0.133. The van der Waals surface area contributed by atoms with E-state index in [4.69, 9.17) is 0 Å². The first-order valence-electron chi connectivity index (χ1n) is 8.77. The second-order valence-electron chi connectivity index (χ2n) is 6.54. The van der Waals surface area contributed by atoms with E-state index in [-0.39, 0.29) is 18.4 Å². The van der Waals surface area contributed by atoms with Gasteiger partial charge in [-0.15, -0.1) is 11.8 Å². The van der Waals surface area contributed by atoms with E-state index in [0.29, 0.717) is 12.3 Å². The molecule has 1 saturated carbocycles. The molecule has 1 aromatic rings. The van der Waals surface area contributed by atoms with Crippen molar-refractivity contribution in [3.63, 3.8) is 0 Å². The normalized spacial score (nSPS) is 15.1. The van der Waals surface area contributed by atoms with Crippen molar-refractivity contribution in [2.75, 3.05) is 25.2 Å². The highest BCUT2D eigenvalue weighted by Crippen LogP contribution is 2.27. The molecule has 132 valence electrons. The fourth-order valence-electron chi connectivity index (χ4n) is 3.24. The first-order chi connectivity index (χ1) is 11.6. The fraction of sp³-hybridized carbons (Fsp3) is 0.579. The summed E-state index contributed by atoms with van der Waals surface area (Å²) in [6.07, 6.45) is 9.92. The second-order valence-corrected chi connectivity index (χ2v) is 7.39. The molecule has 1 N–H and O–H groups in total. The smallest absolute Gasteiger partial charge is 0.244 e. The minimum atomic E-state index is -0.148. The number of anilines is 1. The average molecular weight is 349 g/mol. The summed E-state index contributed by atoms with van der Waals surface area (Å²) in [4.78, 5) is 27.0. The largest absolute Gasteiger partial charge is 0.336 e. The third-order valence-corrected chi connectivity index (χ3v) is 5.47. The molecular weight excluding hydrogens is 320 g/mol. The van der Waals surface area contributed by atoms with Crippen LogP contribution in [0.5, 0.6) is 0 Å². The number of para-hydroxylation sites is 1. The SMILES string of the molecule is CSc1ccccc1NC(=O)CN(C)C(=O)CCC1CCCCC1. The number of likely N-dealkylation sites (N-methyl/N-ethyl adjacent to an activating group) is 1.